The molecule has 8 nitrogen and oxygen atoms in total. The second kappa shape index (κ2) is 27.1. The van der Waals surface area contributed by atoms with Crippen molar-refractivity contribution in [3.63, 3.8) is 0 Å². The number of aromatic hydroxyl groups is 2. The molecule has 4 atom stereocenters. The highest BCUT2D eigenvalue weighted by atomic mass is 16.7. The van der Waals surface area contributed by atoms with Crippen LogP contribution in [0.2, 0.25) is 0 Å². The van der Waals surface area contributed by atoms with E-state index < -0.39 is 24.3 Å². The predicted molar refractivity (Wildman–Crippen MR) is 198 cm³/mol. The summed E-state index contributed by atoms with van der Waals surface area (Å²) < 4.78 is 10.6. The van der Waals surface area contributed by atoms with E-state index in [9.17, 15) is 24.6 Å². The molecule has 3 N–H and O–H groups in total. The number of nitrogens with one attached hydrogen (secondary N) is 1. The molecule has 49 heavy (non-hydrogen) atoms. The summed E-state index contributed by atoms with van der Waals surface area (Å²) in [5, 5.41) is 22.3. The summed E-state index contributed by atoms with van der Waals surface area (Å²) in [6, 6.07) is 3.11. The molecule has 0 aliphatic carbocycles. The number of hydrogen-bond donors (Lipinski definition) is 3. The Morgan fingerprint density at radius 2 is 1.39 bits per heavy atom. The van der Waals surface area contributed by atoms with Crippen LogP contribution in [0.3, 0.4) is 0 Å². The Bertz CT molecular complexity index is 1200. The van der Waals surface area contributed by atoms with Crippen molar-refractivity contribution in [2.45, 2.75) is 143 Å². The van der Waals surface area contributed by atoms with Gasteiger partial charge in [-0.3, -0.25) is 9.59 Å². The number of carbonyl (C=O) groups excluding carboxylic acids is 3. The van der Waals surface area contributed by atoms with Crippen LogP contribution in [-0.4, -0.2) is 40.4 Å². The number of hydrogen-bond acceptors (Lipinski definition) is 7. The van der Waals surface area contributed by atoms with Gasteiger partial charge in [-0.15, -0.1) is 0 Å². The van der Waals surface area contributed by atoms with Crippen molar-refractivity contribution in [3.05, 3.63) is 72.4 Å². The summed E-state index contributed by atoms with van der Waals surface area (Å²) >= 11 is 0. The van der Waals surface area contributed by atoms with E-state index in [2.05, 4.69) is 69.5 Å². The molecule has 8 heteroatoms. The van der Waals surface area contributed by atoms with Gasteiger partial charge in [-0.2, -0.15) is 0 Å². The first kappa shape index (κ1) is 43.2. The molecule has 0 fully saturated rings. The van der Waals surface area contributed by atoms with Crippen molar-refractivity contribution in [2.24, 2.45) is 11.8 Å². The van der Waals surface area contributed by atoms with Crippen LogP contribution >= 0.6 is 0 Å². The Hall–Kier alpha value is -3.81. The molecule has 0 aliphatic heterocycles. The van der Waals surface area contributed by atoms with Crippen LogP contribution in [-0.2, 0) is 30.3 Å². The molecule has 0 aromatic heterocycles. The summed E-state index contributed by atoms with van der Waals surface area (Å²) in [7, 11) is 0. The van der Waals surface area contributed by atoms with E-state index in [0.29, 0.717) is 30.2 Å². The molecule has 0 radical (unpaired) electrons. The van der Waals surface area contributed by atoms with Crippen LogP contribution in [0.15, 0.2) is 66.8 Å². The normalized spacial score (nSPS) is 14.4. The Balaban J connectivity index is 2.53. The van der Waals surface area contributed by atoms with Crippen molar-refractivity contribution in [1.82, 2.24) is 5.32 Å². The molecule has 1 rings (SSSR count). The van der Waals surface area contributed by atoms with Gasteiger partial charge in [0.05, 0.1) is 0 Å². The lowest BCUT2D eigenvalue weighted by molar-refractivity contribution is -0.186. The number of amides is 1. The highest BCUT2D eigenvalue weighted by molar-refractivity contribution is 5.85. The van der Waals surface area contributed by atoms with Crippen molar-refractivity contribution in [3.8, 4) is 11.5 Å². The highest BCUT2D eigenvalue weighted by Crippen LogP contribution is 2.25. The maximum atomic E-state index is 13.1. The number of unbranched alkanes of at least 4 members (excludes halogenated alkanes) is 4. The number of esters is 2. The molecular weight excluding hydrogens is 618 g/mol. The van der Waals surface area contributed by atoms with Gasteiger partial charge in [0.1, 0.15) is 6.04 Å². The molecule has 0 bridgehead atoms. The Labute approximate surface area is 295 Å². The average Bonchev–Trinajstić information content (AvgIpc) is 3.05. The lowest BCUT2D eigenvalue weighted by Crippen LogP contribution is -2.44. The van der Waals surface area contributed by atoms with Crippen LogP contribution < -0.4 is 5.32 Å². The molecule has 0 aliphatic rings. The Kier molecular flexibility index (Phi) is 23.9. The quantitative estimate of drug-likeness (QED) is 0.0293. The summed E-state index contributed by atoms with van der Waals surface area (Å²) in [5.41, 5.74) is 0.511. The number of phenolic OH excluding ortho intramolecular Hbond substituents is 2. The lowest BCUT2D eigenvalue weighted by atomic mass is 9.92. The summed E-state index contributed by atoms with van der Waals surface area (Å²) in [4.78, 5) is 38.1. The zero-order chi connectivity index (χ0) is 36.3. The number of allylic oxidation sites excluding steroid dienone is 8. The maximum Gasteiger partial charge on any atom is 0.332 e. The van der Waals surface area contributed by atoms with Gasteiger partial charge < -0.3 is 25.0 Å². The van der Waals surface area contributed by atoms with Crippen LogP contribution in [0.5, 0.6) is 11.5 Å². The van der Waals surface area contributed by atoms with Gasteiger partial charge in [-0.05, 0) is 80.9 Å². The van der Waals surface area contributed by atoms with E-state index in [1.807, 2.05) is 12.2 Å². The fourth-order valence-corrected chi connectivity index (χ4v) is 5.36. The SMILES string of the molecule is CC/C=C\C/C=C\CC(C)CC(C)C/C=C\C/C=C\CCC(=O)NC(Cc1ccc(O)c(O)c1)C(=O)OC(C)OC(=O)CCCCCCC. The van der Waals surface area contributed by atoms with Crippen LogP contribution in [0.4, 0.5) is 0 Å². The monoisotopic (exact) mass is 681 g/mol. The third-order valence-electron chi connectivity index (χ3n) is 8.03. The van der Waals surface area contributed by atoms with Crippen molar-refractivity contribution < 1.29 is 34.1 Å². The molecule has 0 heterocycles. The molecule has 1 amide bonds. The molecule has 1 aromatic rings. The minimum Gasteiger partial charge on any atom is -0.504 e. The van der Waals surface area contributed by atoms with Crippen molar-refractivity contribution >= 4 is 17.8 Å². The molecule has 0 saturated carbocycles. The number of carbonyl (C=O) groups is 3. The minimum atomic E-state index is -1.12. The first-order chi connectivity index (χ1) is 23.5. The fourth-order valence-electron chi connectivity index (χ4n) is 5.36. The van der Waals surface area contributed by atoms with Gasteiger partial charge in [0, 0.05) is 26.2 Å². The van der Waals surface area contributed by atoms with Gasteiger partial charge in [-0.25, -0.2) is 4.79 Å². The zero-order valence-electron chi connectivity index (χ0n) is 30.7. The van der Waals surface area contributed by atoms with Gasteiger partial charge >= 0.3 is 11.9 Å². The zero-order valence-corrected chi connectivity index (χ0v) is 30.7. The van der Waals surface area contributed by atoms with Crippen LogP contribution in [0.1, 0.15) is 130 Å². The summed E-state index contributed by atoms with van der Waals surface area (Å²) in [5.74, 6) is -0.885. The van der Waals surface area contributed by atoms with E-state index in [0.717, 1.165) is 57.8 Å². The third kappa shape index (κ3) is 22.5. The largest absolute Gasteiger partial charge is 0.504 e. The van der Waals surface area contributed by atoms with E-state index >= 15 is 0 Å². The van der Waals surface area contributed by atoms with Gasteiger partial charge in [0.25, 0.3) is 0 Å². The number of benzene rings is 1. The molecule has 0 spiro atoms. The average molecular weight is 682 g/mol. The van der Waals surface area contributed by atoms with E-state index in [1.165, 1.54) is 25.5 Å². The second-order valence-corrected chi connectivity index (χ2v) is 13.0. The van der Waals surface area contributed by atoms with E-state index in [-0.39, 0.29) is 36.7 Å². The third-order valence-corrected chi connectivity index (χ3v) is 8.03. The van der Waals surface area contributed by atoms with Crippen molar-refractivity contribution in [1.29, 1.82) is 0 Å². The lowest BCUT2D eigenvalue weighted by Gasteiger charge is -2.21. The first-order valence-electron chi connectivity index (χ1n) is 18.4. The van der Waals surface area contributed by atoms with E-state index in [1.54, 1.807) is 6.07 Å². The molecule has 274 valence electrons. The van der Waals surface area contributed by atoms with E-state index in [4.69, 9.17) is 9.47 Å². The second-order valence-electron chi connectivity index (χ2n) is 13.0. The smallest absolute Gasteiger partial charge is 0.332 e. The molecule has 0 saturated heterocycles. The van der Waals surface area contributed by atoms with Gasteiger partial charge in [-0.1, -0.05) is 108 Å². The standard InChI is InChI=1S/C41H63NO7/c1-6-8-10-12-16-19-23-32(3)29-33(4)24-20-17-13-14-18-21-25-39(45)42-36(30-35-27-28-37(43)38(44)31-35)41(47)49-34(5)48-40(46)26-22-15-11-9-7-2/h8,10,14,16-20,27-28,31-34,36,43-44H,6-7,9,11-13,15,21-26,29-30H2,1-5H3,(H,42,45)/b10-8-,18-14-,19-16-,20-17-. The summed E-state index contributed by atoms with van der Waals surface area (Å²) in [6.45, 7) is 10.3. The first-order valence-corrected chi connectivity index (χ1v) is 18.4. The Morgan fingerprint density at radius 1 is 0.755 bits per heavy atom. The number of rotatable bonds is 26. The minimum absolute atomic E-state index is 0.0156. The molecular formula is C41H63NO7. The maximum absolute atomic E-state index is 13.1. The topological polar surface area (TPSA) is 122 Å². The predicted octanol–water partition coefficient (Wildman–Crippen LogP) is 9.56. The Morgan fingerprint density at radius 3 is 2.02 bits per heavy atom. The van der Waals surface area contributed by atoms with Crippen molar-refractivity contribution in [2.75, 3.05) is 0 Å². The van der Waals surface area contributed by atoms with Gasteiger partial charge in [0.15, 0.2) is 11.5 Å². The summed E-state index contributed by atoms with van der Waals surface area (Å²) in [6.07, 6.45) is 28.3. The van der Waals surface area contributed by atoms with Crippen LogP contribution in [0.25, 0.3) is 0 Å². The molecule has 1 aromatic carbocycles. The van der Waals surface area contributed by atoms with Crippen LogP contribution in [0, 0.1) is 11.8 Å². The fraction of sp³-hybridized carbons (Fsp3) is 0.585. The van der Waals surface area contributed by atoms with Gasteiger partial charge in [0.2, 0.25) is 12.2 Å². The molecule has 4 unspecified atom stereocenters. The number of phenols is 2. The highest BCUT2D eigenvalue weighted by Gasteiger charge is 2.26. The number of ether oxygens (including phenoxy) is 2.